The lowest BCUT2D eigenvalue weighted by Gasteiger charge is -2.11. The number of benzene rings is 2. The topological polar surface area (TPSA) is 75.2 Å². The van der Waals surface area contributed by atoms with E-state index < -0.39 is 23.7 Å². The van der Waals surface area contributed by atoms with Gasteiger partial charge in [-0.1, -0.05) is 30.3 Å². The lowest BCUT2D eigenvalue weighted by atomic mass is 10.1. The summed E-state index contributed by atoms with van der Waals surface area (Å²) in [6.45, 7) is -0.125. The van der Waals surface area contributed by atoms with Crippen molar-refractivity contribution in [1.29, 1.82) is 0 Å². The third-order valence-corrected chi connectivity index (χ3v) is 4.14. The van der Waals surface area contributed by atoms with Crippen LogP contribution in [0.15, 0.2) is 54.7 Å². The van der Waals surface area contributed by atoms with Crippen molar-refractivity contribution in [2.75, 3.05) is 0 Å². The number of rotatable bonds is 3. The van der Waals surface area contributed by atoms with Crippen LogP contribution in [0, 0.1) is 0 Å². The minimum Gasteiger partial charge on any atom is -0.350 e. The fraction of sp³-hybridized carbons (Fsp3) is 0.158. The van der Waals surface area contributed by atoms with Crippen molar-refractivity contribution < 1.29 is 22.8 Å². The monoisotopic (exact) mass is 390 g/mol. The van der Waals surface area contributed by atoms with Crippen LogP contribution < -0.4 is 16.2 Å². The molecule has 1 aromatic heterocycles. The maximum atomic E-state index is 12.7. The summed E-state index contributed by atoms with van der Waals surface area (Å²) in [6.07, 6.45) is -2.81. The van der Waals surface area contributed by atoms with Crippen LogP contribution in [0.3, 0.4) is 0 Å². The third-order valence-electron chi connectivity index (χ3n) is 4.14. The highest BCUT2D eigenvalue weighted by atomic mass is 19.4. The average molecular weight is 390 g/mol. The van der Waals surface area contributed by atoms with E-state index in [0.29, 0.717) is 5.56 Å². The van der Waals surface area contributed by atoms with Crippen molar-refractivity contribution in [3.8, 4) is 0 Å². The smallest absolute Gasteiger partial charge is 0.350 e. The number of urea groups is 1. The Balaban J connectivity index is 1.56. The summed E-state index contributed by atoms with van der Waals surface area (Å²) in [4.78, 5) is 24.2. The number of amides is 3. The van der Waals surface area contributed by atoms with Gasteiger partial charge in [-0.15, -0.1) is 0 Å². The summed E-state index contributed by atoms with van der Waals surface area (Å²) < 4.78 is 39.9. The van der Waals surface area contributed by atoms with Crippen LogP contribution in [0.4, 0.5) is 18.0 Å². The second-order valence-corrected chi connectivity index (χ2v) is 6.13. The maximum absolute atomic E-state index is 12.7. The van der Waals surface area contributed by atoms with Crippen LogP contribution in [-0.4, -0.2) is 16.5 Å². The van der Waals surface area contributed by atoms with Gasteiger partial charge in [0, 0.05) is 30.7 Å². The number of nitrogens with one attached hydrogen (secondary N) is 3. The number of halogens is 3. The Bertz CT molecular complexity index is 1030. The second kappa shape index (κ2) is 7.63. The number of nitrogens with zero attached hydrogens (tertiary/aromatic N) is 1. The molecule has 28 heavy (non-hydrogen) atoms. The molecule has 3 amide bonds. The fourth-order valence-electron chi connectivity index (χ4n) is 2.79. The molecule has 9 heteroatoms. The first-order chi connectivity index (χ1) is 13.3. The Morgan fingerprint density at radius 1 is 1.04 bits per heavy atom. The highest BCUT2D eigenvalue weighted by molar-refractivity contribution is 6.07. The first-order valence-corrected chi connectivity index (χ1v) is 8.30. The van der Waals surface area contributed by atoms with Gasteiger partial charge in [0.05, 0.1) is 11.1 Å². The molecule has 0 bridgehead atoms. The van der Waals surface area contributed by atoms with Crippen LogP contribution in [0.1, 0.15) is 21.5 Å². The van der Waals surface area contributed by atoms with E-state index in [1.807, 2.05) is 12.1 Å². The summed E-state index contributed by atoms with van der Waals surface area (Å²) in [5.41, 5.74) is 5.21. The van der Waals surface area contributed by atoms with Gasteiger partial charge in [0.15, 0.2) is 0 Å². The summed E-state index contributed by atoms with van der Waals surface area (Å²) in [5.74, 6) is -0.508. The number of alkyl halides is 3. The van der Waals surface area contributed by atoms with E-state index in [2.05, 4.69) is 16.2 Å². The molecule has 3 N–H and O–H groups in total. The van der Waals surface area contributed by atoms with Gasteiger partial charge in [0.1, 0.15) is 0 Å². The fourth-order valence-corrected chi connectivity index (χ4v) is 2.79. The molecule has 0 fully saturated rings. The molecule has 0 unspecified atom stereocenters. The van der Waals surface area contributed by atoms with Gasteiger partial charge in [-0.3, -0.25) is 10.2 Å². The molecule has 146 valence electrons. The largest absolute Gasteiger partial charge is 0.416 e. The molecule has 3 aromatic rings. The van der Waals surface area contributed by atoms with Gasteiger partial charge < -0.3 is 9.88 Å². The highest BCUT2D eigenvalue weighted by Crippen LogP contribution is 2.29. The molecule has 0 radical (unpaired) electrons. The molecule has 0 spiro atoms. The molecule has 0 aliphatic rings. The van der Waals surface area contributed by atoms with Crippen molar-refractivity contribution in [3.63, 3.8) is 0 Å². The van der Waals surface area contributed by atoms with Gasteiger partial charge >= 0.3 is 12.2 Å². The molecule has 0 saturated carbocycles. The van der Waals surface area contributed by atoms with Crippen LogP contribution in [-0.2, 0) is 19.8 Å². The van der Waals surface area contributed by atoms with Gasteiger partial charge in [0.2, 0.25) is 0 Å². The minimum atomic E-state index is -4.45. The van der Waals surface area contributed by atoms with E-state index >= 15 is 0 Å². The summed E-state index contributed by atoms with van der Waals surface area (Å²) in [6, 6.07) is 11.2. The number of carbonyl (C=O) groups excluding carboxylic acids is 2. The number of para-hydroxylation sites is 1. The first-order valence-electron chi connectivity index (χ1n) is 8.30. The molecule has 0 atom stereocenters. The van der Waals surface area contributed by atoms with Crippen LogP contribution in [0.5, 0.6) is 0 Å². The Hall–Kier alpha value is -3.49. The highest BCUT2D eigenvalue weighted by Gasteiger charge is 2.30. The van der Waals surface area contributed by atoms with Crippen molar-refractivity contribution in [2.24, 2.45) is 7.05 Å². The van der Waals surface area contributed by atoms with Gasteiger partial charge in [-0.2, -0.15) is 13.2 Å². The molecule has 6 nitrogen and oxygen atoms in total. The van der Waals surface area contributed by atoms with Crippen molar-refractivity contribution in [3.05, 3.63) is 71.4 Å². The zero-order chi connectivity index (χ0) is 20.3. The number of carbonyl (C=O) groups is 2. The zero-order valence-corrected chi connectivity index (χ0v) is 14.8. The number of hydrogen-bond donors (Lipinski definition) is 3. The quantitative estimate of drug-likeness (QED) is 0.600. The summed E-state index contributed by atoms with van der Waals surface area (Å²) in [7, 11) is 1.80. The third kappa shape index (κ3) is 4.25. The minimum absolute atomic E-state index is 0.125. The standard InChI is InChI=1S/C19H17F3N4O2/c1-26-11-15(14-7-2-3-8-16(14)26)17(27)24-25-18(28)23-10-12-5-4-6-13(9-12)19(20,21)22/h2-9,11H,10H2,1H3,(H,24,27)(H2,23,25,28). The van der Waals surface area contributed by atoms with Crippen molar-refractivity contribution >= 4 is 22.8 Å². The van der Waals surface area contributed by atoms with E-state index in [1.54, 1.807) is 29.9 Å². The predicted molar refractivity (Wildman–Crippen MR) is 97.2 cm³/mol. The van der Waals surface area contributed by atoms with Gasteiger partial charge in [-0.05, 0) is 23.8 Å². The normalized spacial score (nSPS) is 11.3. The molecule has 3 rings (SSSR count). The second-order valence-electron chi connectivity index (χ2n) is 6.13. The molecule has 2 aromatic carbocycles. The summed E-state index contributed by atoms with van der Waals surface area (Å²) >= 11 is 0. The van der Waals surface area contributed by atoms with E-state index in [-0.39, 0.29) is 12.1 Å². The first kappa shape index (κ1) is 19.3. The van der Waals surface area contributed by atoms with Crippen LogP contribution >= 0.6 is 0 Å². The number of fused-ring (bicyclic) bond motifs is 1. The SMILES string of the molecule is Cn1cc(C(=O)NNC(=O)NCc2cccc(C(F)(F)F)c2)c2ccccc21. The van der Waals surface area contributed by atoms with E-state index in [4.69, 9.17) is 0 Å². The van der Waals surface area contributed by atoms with Crippen LogP contribution in [0.25, 0.3) is 10.9 Å². The maximum Gasteiger partial charge on any atom is 0.416 e. The Kier molecular flexibility index (Phi) is 5.25. The predicted octanol–water partition coefficient (Wildman–Crippen LogP) is 3.34. The average Bonchev–Trinajstić information content (AvgIpc) is 3.01. The van der Waals surface area contributed by atoms with E-state index in [1.165, 1.54) is 12.1 Å². The number of hydrogen-bond acceptors (Lipinski definition) is 2. The van der Waals surface area contributed by atoms with Crippen molar-refractivity contribution in [2.45, 2.75) is 12.7 Å². The number of aromatic nitrogens is 1. The molecular formula is C19H17F3N4O2. The molecular weight excluding hydrogens is 373 g/mol. The Morgan fingerprint density at radius 3 is 2.54 bits per heavy atom. The lowest BCUT2D eigenvalue weighted by molar-refractivity contribution is -0.137. The number of hydrazine groups is 1. The molecule has 0 aliphatic carbocycles. The van der Waals surface area contributed by atoms with Gasteiger partial charge in [0.25, 0.3) is 5.91 Å². The van der Waals surface area contributed by atoms with Crippen molar-refractivity contribution in [1.82, 2.24) is 20.7 Å². The molecule has 0 saturated heterocycles. The van der Waals surface area contributed by atoms with Gasteiger partial charge in [-0.25, -0.2) is 10.2 Å². The number of aryl methyl sites for hydroxylation is 1. The Morgan fingerprint density at radius 2 is 1.79 bits per heavy atom. The van der Waals surface area contributed by atoms with E-state index in [9.17, 15) is 22.8 Å². The summed E-state index contributed by atoms with van der Waals surface area (Å²) in [5, 5.41) is 3.12. The molecule has 1 heterocycles. The van der Waals surface area contributed by atoms with Crippen LogP contribution in [0.2, 0.25) is 0 Å². The zero-order valence-electron chi connectivity index (χ0n) is 14.8. The Labute approximate surface area is 158 Å². The van der Waals surface area contributed by atoms with E-state index in [0.717, 1.165) is 23.0 Å². The molecule has 0 aliphatic heterocycles. The lowest BCUT2D eigenvalue weighted by Crippen LogP contribution is -2.46.